The molecule has 0 bridgehead atoms. The van der Waals surface area contributed by atoms with Crippen LogP contribution in [0.2, 0.25) is 0 Å². The van der Waals surface area contributed by atoms with Gasteiger partial charge in [0.2, 0.25) is 15.9 Å². The molecule has 1 N–H and O–H groups in total. The van der Waals surface area contributed by atoms with Crippen LogP contribution >= 0.6 is 0 Å². The van der Waals surface area contributed by atoms with Crippen molar-refractivity contribution in [1.29, 1.82) is 0 Å². The molecule has 1 atom stereocenters. The number of pyridine rings is 1. The molecule has 0 saturated carbocycles. The summed E-state index contributed by atoms with van der Waals surface area (Å²) in [5, 5.41) is 3.91. The first-order valence-electron chi connectivity index (χ1n) is 8.36. The summed E-state index contributed by atoms with van der Waals surface area (Å²) in [6, 6.07) is 13.7. The minimum atomic E-state index is -3.59. The highest BCUT2D eigenvalue weighted by atomic mass is 32.2. The van der Waals surface area contributed by atoms with E-state index in [4.69, 9.17) is 0 Å². The fraction of sp³-hybridized carbons (Fsp3) is 0.278. The van der Waals surface area contributed by atoms with Crippen LogP contribution in [0, 0.1) is 5.92 Å². The minimum absolute atomic E-state index is 0.155. The number of aromatic nitrogens is 1. The van der Waals surface area contributed by atoms with Crippen LogP contribution < -0.4 is 5.43 Å². The first-order chi connectivity index (χ1) is 12.6. The lowest BCUT2D eigenvalue weighted by atomic mass is 9.99. The highest BCUT2D eigenvalue weighted by Crippen LogP contribution is 2.23. The van der Waals surface area contributed by atoms with Gasteiger partial charge in [-0.05, 0) is 37.1 Å². The number of sulfonamides is 1. The molecule has 1 amide bonds. The number of benzene rings is 1. The average Bonchev–Trinajstić information content (AvgIpc) is 2.69. The van der Waals surface area contributed by atoms with Gasteiger partial charge in [0.25, 0.3) is 0 Å². The average molecular weight is 372 g/mol. The van der Waals surface area contributed by atoms with Crippen molar-refractivity contribution in [3.63, 3.8) is 0 Å². The van der Waals surface area contributed by atoms with E-state index in [-0.39, 0.29) is 17.3 Å². The van der Waals surface area contributed by atoms with Crippen molar-refractivity contribution >= 4 is 22.1 Å². The van der Waals surface area contributed by atoms with Crippen molar-refractivity contribution in [2.75, 3.05) is 13.1 Å². The molecule has 3 rings (SSSR count). The van der Waals surface area contributed by atoms with Crippen molar-refractivity contribution in [3.8, 4) is 0 Å². The zero-order chi connectivity index (χ0) is 18.4. The monoisotopic (exact) mass is 372 g/mol. The Balaban J connectivity index is 1.63. The summed E-state index contributed by atoms with van der Waals surface area (Å²) >= 11 is 0. The Labute approximate surface area is 152 Å². The molecule has 26 heavy (non-hydrogen) atoms. The maximum Gasteiger partial charge on any atom is 0.244 e. The number of carbonyl (C=O) groups is 1. The number of hydrogen-bond acceptors (Lipinski definition) is 5. The molecule has 0 aliphatic carbocycles. The van der Waals surface area contributed by atoms with Gasteiger partial charge < -0.3 is 0 Å². The molecule has 1 saturated heterocycles. The zero-order valence-electron chi connectivity index (χ0n) is 14.2. The predicted molar refractivity (Wildman–Crippen MR) is 97.9 cm³/mol. The van der Waals surface area contributed by atoms with Crippen molar-refractivity contribution < 1.29 is 13.2 Å². The highest BCUT2D eigenvalue weighted by molar-refractivity contribution is 7.89. The van der Waals surface area contributed by atoms with Gasteiger partial charge in [-0.3, -0.25) is 9.78 Å². The lowest BCUT2D eigenvalue weighted by Gasteiger charge is -2.30. The second-order valence-corrected chi connectivity index (χ2v) is 7.94. The number of amides is 1. The van der Waals surface area contributed by atoms with Crippen molar-refractivity contribution in [1.82, 2.24) is 14.7 Å². The number of rotatable bonds is 5. The summed E-state index contributed by atoms with van der Waals surface area (Å²) in [7, 11) is -3.59. The number of hydrazone groups is 1. The van der Waals surface area contributed by atoms with Crippen LogP contribution in [0.25, 0.3) is 0 Å². The minimum Gasteiger partial charge on any atom is -0.273 e. The number of nitrogens with one attached hydrogen (secondary N) is 1. The van der Waals surface area contributed by atoms with Crippen molar-refractivity contribution in [3.05, 3.63) is 60.4 Å². The van der Waals surface area contributed by atoms with E-state index in [0.717, 1.165) is 0 Å². The van der Waals surface area contributed by atoms with E-state index in [9.17, 15) is 13.2 Å². The second kappa shape index (κ2) is 8.20. The summed E-state index contributed by atoms with van der Waals surface area (Å²) in [4.78, 5) is 16.7. The van der Waals surface area contributed by atoms with Gasteiger partial charge in [-0.25, -0.2) is 13.8 Å². The van der Waals surface area contributed by atoms with E-state index in [1.807, 2.05) is 6.07 Å². The van der Waals surface area contributed by atoms with Crippen LogP contribution in [0.5, 0.6) is 0 Å². The van der Waals surface area contributed by atoms with E-state index in [1.54, 1.807) is 48.7 Å². The predicted octanol–water partition coefficient (Wildman–Crippen LogP) is 1.63. The summed E-state index contributed by atoms with van der Waals surface area (Å²) in [6.45, 7) is 0.570. The summed E-state index contributed by atoms with van der Waals surface area (Å²) in [5.41, 5.74) is 3.11. The maximum absolute atomic E-state index is 12.7. The van der Waals surface area contributed by atoms with E-state index in [0.29, 0.717) is 25.1 Å². The topological polar surface area (TPSA) is 91.7 Å². The van der Waals surface area contributed by atoms with Crippen LogP contribution in [-0.2, 0) is 14.8 Å². The number of nitrogens with zero attached hydrogens (tertiary/aromatic N) is 3. The number of hydrogen-bond donors (Lipinski definition) is 1. The van der Waals surface area contributed by atoms with Gasteiger partial charge in [0.1, 0.15) is 0 Å². The van der Waals surface area contributed by atoms with E-state index in [1.165, 1.54) is 10.5 Å². The summed E-state index contributed by atoms with van der Waals surface area (Å²) < 4.78 is 26.8. The Hall–Kier alpha value is -2.58. The largest absolute Gasteiger partial charge is 0.273 e. The van der Waals surface area contributed by atoms with E-state index < -0.39 is 15.9 Å². The quantitative estimate of drug-likeness (QED) is 0.638. The van der Waals surface area contributed by atoms with Gasteiger partial charge in [0.05, 0.1) is 22.7 Å². The zero-order valence-corrected chi connectivity index (χ0v) is 15.0. The normalized spacial score (nSPS) is 18.7. The maximum atomic E-state index is 12.7. The summed E-state index contributed by atoms with van der Waals surface area (Å²) in [6.07, 6.45) is 4.36. The molecule has 1 aliphatic rings. The molecule has 8 heteroatoms. The first-order valence-corrected chi connectivity index (χ1v) is 9.80. The van der Waals surface area contributed by atoms with Gasteiger partial charge in [-0.1, -0.05) is 24.3 Å². The Bertz CT molecular complexity index is 870. The van der Waals surface area contributed by atoms with Crippen LogP contribution in [0.1, 0.15) is 18.5 Å². The third-order valence-electron chi connectivity index (χ3n) is 4.20. The molecule has 0 radical (unpaired) electrons. The fourth-order valence-electron chi connectivity index (χ4n) is 2.82. The molecule has 1 aliphatic heterocycles. The van der Waals surface area contributed by atoms with Crippen LogP contribution in [-0.4, -0.2) is 42.9 Å². The molecular formula is C18H20N4O3S. The fourth-order valence-corrected chi connectivity index (χ4v) is 4.37. The highest BCUT2D eigenvalue weighted by Gasteiger charge is 2.33. The van der Waals surface area contributed by atoms with Crippen LogP contribution in [0.3, 0.4) is 0 Å². The molecule has 1 fully saturated rings. The molecule has 1 aromatic heterocycles. The van der Waals surface area contributed by atoms with E-state index in [2.05, 4.69) is 15.5 Å². The molecule has 2 heterocycles. The van der Waals surface area contributed by atoms with Gasteiger partial charge in [0.15, 0.2) is 0 Å². The Morgan fingerprint density at radius 1 is 1.19 bits per heavy atom. The molecule has 0 spiro atoms. The molecular weight excluding hydrogens is 352 g/mol. The third-order valence-corrected chi connectivity index (χ3v) is 6.07. The lowest BCUT2D eigenvalue weighted by molar-refractivity contribution is -0.126. The lowest BCUT2D eigenvalue weighted by Crippen LogP contribution is -2.44. The van der Waals surface area contributed by atoms with Gasteiger partial charge in [-0.15, -0.1) is 0 Å². The summed E-state index contributed by atoms with van der Waals surface area (Å²) in [5.74, 6) is -0.715. The third kappa shape index (κ3) is 4.33. The molecule has 2 aromatic rings. The Morgan fingerprint density at radius 3 is 2.69 bits per heavy atom. The molecule has 136 valence electrons. The number of piperidine rings is 1. The second-order valence-electron chi connectivity index (χ2n) is 6.00. The van der Waals surface area contributed by atoms with E-state index >= 15 is 0 Å². The Morgan fingerprint density at radius 2 is 1.96 bits per heavy atom. The standard InChI is InChI=1S/C18H20N4O3S/c23-18(21-20-13-16-8-4-5-11-19-16)15-7-6-12-22(14-15)26(24,25)17-9-2-1-3-10-17/h1-5,8-11,13,15H,6-7,12,14H2,(H,21,23)/b20-13-/t15-/m1/s1. The van der Waals surface area contributed by atoms with Crippen molar-refractivity contribution in [2.45, 2.75) is 17.7 Å². The smallest absolute Gasteiger partial charge is 0.244 e. The van der Waals surface area contributed by atoms with Crippen LogP contribution in [0.4, 0.5) is 0 Å². The molecule has 0 unspecified atom stereocenters. The SMILES string of the molecule is O=C(N/N=C\c1ccccn1)[C@@H]1CCCN(S(=O)(=O)c2ccccc2)C1. The van der Waals surface area contributed by atoms with Gasteiger partial charge >= 0.3 is 0 Å². The molecule has 7 nitrogen and oxygen atoms in total. The first kappa shape index (κ1) is 18.2. The van der Waals surface area contributed by atoms with Crippen LogP contribution in [0.15, 0.2) is 64.7 Å². The molecule has 1 aromatic carbocycles. The van der Waals surface area contributed by atoms with Gasteiger partial charge in [0, 0.05) is 19.3 Å². The van der Waals surface area contributed by atoms with Gasteiger partial charge in [-0.2, -0.15) is 9.41 Å². The Kier molecular flexibility index (Phi) is 5.75. The number of carbonyl (C=O) groups excluding carboxylic acids is 1. The van der Waals surface area contributed by atoms with Crippen molar-refractivity contribution in [2.24, 2.45) is 11.0 Å².